The van der Waals surface area contributed by atoms with Crippen molar-refractivity contribution >= 4 is 5.91 Å². The lowest BCUT2D eigenvalue weighted by molar-refractivity contribution is 0.0904. The van der Waals surface area contributed by atoms with Gasteiger partial charge < -0.3 is 19.2 Å². The second-order valence-electron chi connectivity index (χ2n) is 10.2. The van der Waals surface area contributed by atoms with Crippen LogP contribution in [0, 0.1) is 0 Å². The molecular weight excluding hydrogens is 524 g/mol. The number of carbonyl (C=O) groups is 1. The molecule has 1 unspecified atom stereocenters. The summed E-state index contributed by atoms with van der Waals surface area (Å²) < 4.78 is 17.1. The summed E-state index contributed by atoms with van der Waals surface area (Å²) in [5.74, 6) is 2.16. The fourth-order valence-electron chi connectivity index (χ4n) is 5.07. The van der Waals surface area contributed by atoms with Gasteiger partial charge in [0.25, 0.3) is 5.91 Å². The fourth-order valence-corrected chi connectivity index (χ4v) is 5.07. The first-order valence-corrected chi connectivity index (χ1v) is 14.1. The van der Waals surface area contributed by atoms with E-state index in [9.17, 15) is 4.79 Å². The minimum atomic E-state index is -0.236. The molecule has 214 valence electrons. The van der Waals surface area contributed by atoms with E-state index in [1.807, 2.05) is 91.0 Å². The van der Waals surface area contributed by atoms with E-state index in [2.05, 4.69) is 34.5 Å². The zero-order valence-electron chi connectivity index (χ0n) is 24.0. The maximum Gasteiger partial charge on any atom is 0.287 e. The Hall–Kier alpha value is -4.81. The molecule has 1 N–H and O–H groups in total. The first-order valence-electron chi connectivity index (χ1n) is 14.1. The normalized spacial score (nSPS) is 11.7. The Balaban J connectivity index is 1.32. The Morgan fingerprint density at radius 1 is 0.690 bits per heavy atom. The van der Waals surface area contributed by atoms with Crippen LogP contribution in [-0.4, -0.2) is 25.0 Å². The molecule has 6 heteroatoms. The third kappa shape index (κ3) is 7.68. The van der Waals surface area contributed by atoms with Crippen LogP contribution in [0.3, 0.4) is 0 Å². The Bertz CT molecular complexity index is 1550. The zero-order valence-corrected chi connectivity index (χ0v) is 24.0. The van der Waals surface area contributed by atoms with E-state index in [0.29, 0.717) is 43.3 Å². The Labute approximate surface area is 247 Å². The van der Waals surface area contributed by atoms with Crippen LogP contribution in [0.1, 0.15) is 44.6 Å². The molecule has 0 spiro atoms. The number of methoxy groups -OCH3 is 2. The maximum atomic E-state index is 13.4. The Morgan fingerprint density at radius 3 is 1.98 bits per heavy atom. The number of hydrogen-bond acceptors (Lipinski definition) is 5. The summed E-state index contributed by atoms with van der Waals surface area (Å²) in [5, 5.41) is 3.20. The van der Waals surface area contributed by atoms with Gasteiger partial charge in [0.1, 0.15) is 5.76 Å². The van der Waals surface area contributed by atoms with E-state index in [1.165, 1.54) is 5.56 Å². The van der Waals surface area contributed by atoms with Crippen LogP contribution in [0.15, 0.2) is 126 Å². The first kappa shape index (κ1) is 28.7. The van der Waals surface area contributed by atoms with Gasteiger partial charge in [0.05, 0.1) is 26.8 Å². The van der Waals surface area contributed by atoms with Gasteiger partial charge in [0.2, 0.25) is 0 Å². The van der Waals surface area contributed by atoms with Crippen LogP contribution >= 0.6 is 0 Å². The van der Waals surface area contributed by atoms with E-state index in [-0.39, 0.29) is 11.9 Å². The highest BCUT2D eigenvalue weighted by molar-refractivity contribution is 5.91. The number of ether oxygens (including phenoxy) is 2. The molecule has 0 saturated heterocycles. The molecule has 0 saturated carbocycles. The molecule has 6 nitrogen and oxygen atoms in total. The molecule has 0 radical (unpaired) electrons. The van der Waals surface area contributed by atoms with E-state index in [0.717, 1.165) is 22.5 Å². The van der Waals surface area contributed by atoms with Gasteiger partial charge in [0, 0.05) is 13.1 Å². The lowest BCUT2D eigenvalue weighted by atomic mass is 9.99. The van der Waals surface area contributed by atoms with Crippen LogP contribution in [0.5, 0.6) is 11.5 Å². The molecule has 0 bridgehead atoms. The highest BCUT2D eigenvalue weighted by Crippen LogP contribution is 2.29. The van der Waals surface area contributed by atoms with Gasteiger partial charge in [-0.15, -0.1) is 0 Å². The van der Waals surface area contributed by atoms with Crippen molar-refractivity contribution in [1.82, 2.24) is 10.2 Å². The van der Waals surface area contributed by atoms with Crippen molar-refractivity contribution in [2.75, 3.05) is 14.2 Å². The quantitative estimate of drug-likeness (QED) is 0.165. The van der Waals surface area contributed by atoms with Crippen molar-refractivity contribution in [3.63, 3.8) is 0 Å². The lowest BCUT2D eigenvalue weighted by Gasteiger charge is -2.22. The molecule has 0 aliphatic carbocycles. The average Bonchev–Trinajstić information content (AvgIpc) is 3.50. The molecule has 42 heavy (non-hydrogen) atoms. The third-order valence-corrected chi connectivity index (χ3v) is 7.16. The second kappa shape index (κ2) is 14.2. The van der Waals surface area contributed by atoms with Crippen LogP contribution in [0.2, 0.25) is 0 Å². The summed E-state index contributed by atoms with van der Waals surface area (Å²) >= 11 is 0. The minimum absolute atomic E-state index is 0.186. The van der Waals surface area contributed by atoms with Crippen LogP contribution in [0.25, 0.3) is 0 Å². The number of hydrogen-bond donors (Lipinski definition) is 1. The monoisotopic (exact) mass is 560 g/mol. The van der Waals surface area contributed by atoms with Gasteiger partial charge in [-0.2, -0.15) is 0 Å². The minimum Gasteiger partial charge on any atom is -0.493 e. The smallest absolute Gasteiger partial charge is 0.287 e. The summed E-state index contributed by atoms with van der Waals surface area (Å²) in [6.07, 6.45) is 0.681. The molecule has 0 aliphatic heterocycles. The van der Waals surface area contributed by atoms with Crippen molar-refractivity contribution in [3.05, 3.63) is 155 Å². The largest absolute Gasteiger partial charge is 0.493 e. The standard InChI is InChI=1S/C36H36N2O4/c1-40-33-20-18-29(23-35(33)41-2)25-38(24-28-14-8-4-9-15-28)26-31-19-21-34(42-31)36(39)37-32(30-16-10-5-11-17-30)22-27-12-6-3-7-13-27/h3-21,23,32H,22,24-26H2,1-2H3,(H,37,39). The molecule has 4 aromatic carbocycles. The molecule has 1 heterocycles. The summed E-state index contributed by atoms with van der Waals surface area (Å²) in [7, 11) is 3.27. The molecule has 0 aliphatic rings. The van der Waals surface area contributed by atoms with Crippen molar-refractivity contribution in [3.8, 4) is 11.5 Å². The number of rotatable bonds is 13. The maximum absolute atomic E-state index is 13.4. The highest BCUT2D eigenvalue weighted by Gasteiger charge is 2.20. The van der Waals surface area contributed by atoms with Crippen molar-refractivity contribution in [2.24, 2.45) is 0 Å². The number of nitrogens with one attached hydrogen (secondary N) is 1. The SMILES string of the molecule is COc1ccc(CN(Cc2ccccc2)Cc2ccc(C(=O)NC(Cc3ccccc3)c3ccccc3)o2)cc1OC. The summed E-state index contributed by atoms with van der Waals surface area (Å²) in [6.45, 7) is 1.90. The molecule has 5 aromatic rings. The van der Waals surface area contributed by atoms with Crippen molar-refractivity contribution in [2.45, 2.75) is 32.1 Å². The number of benzene rings is 4. The molecule has 1 amide bonds. The molecule has 5 rings (SSSR count). The topological polar surface area (TPSA) is 63.9 Å². The molecule has 1 atom stereocenters. The number of furan rings is 1. The van der Waals surface area contributed by atoms with E-state index >= 15 is 0 Å². The fraction of sp³-hybridized carbons (Fsp3) is 0.194. The van der Waals surface area contributed by atoms with Gasteiger partial charge in [-0.3, -0.25) is 9.69 Å². The average molecular weight is 561 g/mol. The Morgan fingerprint density at radius 2 is 1.31 bits per heavy atom. The number of nitrogens with zero attached hydrogens (tertiary/aromatic N) is 1. The Kier molecular flexibility index (Phi) is 9.70. The van der Waals surface area contributed by atoms with E-state index < -0.39 is 0 Å². The summed E-state index contributed by atoms with van der Waals surface area (Å²) in [5.41, 5.74) is 4.47. The van der Waals surface area contributed by atoms with Crippen LogP contribution < -0.4 is 14.8 Å². The molecular formula is C36H36N2O4. The lowest BCUT2D eigenvalue weighted by Crippen LogP contribution is -2.29. The zero-order chi connectivity index (χ0) is 29.1. The van der Waals surface area contributed by atoms with Crippen molar-refractivity contribution in [1.29, 1.82) is 0 Å². The van der Waals surface area contributed by atoms with Crippen molar-refractivity contribution < 1.29 is 18.7 Å². The second-order valence-corrected chi connectivity index (χ2v) is 10.2. The van der Waals surface area contributed by atoms with Crippen LogP contribution in [0.4, 0.5) is 0 Å². The first-order chi connectivity index (χ1) is 20.6. The van der Waals surface area contributed by atoms with Gasteiger partial charge in [-0.1, -0.05) is 97.1 Å². The highest BCUT2D eigenvalue weighted by atomic mass is 16.5. The molecule has 1 aromatic heterocycles. The van der Waals surface area contributed by atoms with Gasteiger partial charge in [-0.25, -0.2) is 0 Å². The molecule has 0 fully saturated rings. The van der Waals surface area contributed by atoms with E-state index in [4.69, 9.17) is 13.9 Å². The predicted octanol–water partition coefficient (Wildman–Crippen LogP) is 7.21. The third-order valence-electron chi connectivity index (χ3n) is 7.16. The predicted molar refractivity (Wildman–Crippen MR) is 164 cm³/mol. The van der Waals surface area contributed by atoms with Gasteiger partial charge >= 0.3 is 0 Å². The van der Waals surface area contributed by atoms with Crippen LogP contribution in [-0.2, 0) is 26.1 Å². The summed E-state index contributed by atoms with van der Waals surface area (Å²) in [4.78, 5) is 15.7. The van der Waals surface area contributed by atoms with Gasteiger partial charge in [0.15, 0.2) is 17.3 Å². The van der Waals surface area contributed by atoms with E-state index in [1.54, 1.807) is 20.3 Å². The summed E-state index contributed by atoms with van der Waals surface area (Å²) in [6, 6.07) is 39.9. The number of carbonyl (C=O) groups excluding carboxylic acids is 1. The number of amides is 1. The van der Waals surface area contributed by atoms with Gasteiger partial charge in [-0.05, 0) is 52.9 Å².